The number of nitrogens with one attached hydrogen (secondary N) is 2. The molecule has 0 saturated carbocycles. The van der Waals surface area contributed by atoms with Crippen molar-refractivity contribution in [2.24, 2.45) is 0 Å². The van der Waals surface area contributed by atoms with Crippen LogP contribution in [-0.4, -0.2) is 145 Å². The number of aromatic amines is 2. The third-order valence-corrected chi connectivity index (χ3v) is 12.8. The maximum atomic E-state index is 13.5. The first kappa shape index (κ1) is 46.4. The predicted molar refractivity (Wildman–Crippen MR) is 261 cm³/mol. The third-order valence-electron chi connectivity index (χ3n) is 12.8. The highest BCUT2D eigenvalue weighted by Gasteiger charge is 2.34. The van der Waals surface area contributed by atoms with Crippen molar-refractivity contribution >= 4 is 45.2 Å². The largest absolute Gasteiger partial charge is 0.507 e. The molecular formula is C49H44N18O7. The van der Waals surface area contributed by atoms with Crippen LogP contribution in [0, 0.1) is 20.8 Å². The number of nitrogens with zero attached hydrogens (tertiary/aromatic N) is 16. The number of para-hydroxylation sites is 1. The first-order valence-electron chi connectivity index (χ1n) is 23.1. The molecular weight excluding hydrogens is 953 g/mol. The molecule has 0 bridgehead atoms. The van der Waals surface area contributed by atoms with Gasteiger partial charge in [-0.2, -0.15) is 10.2 Å². The number of benzene rings is 2. The Morgan fingerprint density at radius 2 is 1.12 bits per heavy atom. The van der Waals surface area contributed by atoms with E-state index in [1.54, 1.807) is 38.1 Å². The molecule has 0 atom stereocenters. The summed E-state index contributed by atoms with van der Waals surface area (Å²) in [6, 6.07) is 14.9. The summed E-state index contributed by atoms with van der Waals surface area (Å²) in [5.74, 6) is 2.60. The number of carbonyl (C=O) groups is 4. The van der Waals surface area contributed by atoms with E-state index in [1.807, 2.05) is 40.3 Å². The van der Waals surface area contributed by atoms with Gasteiger partial charge in [-0.25, -0.2) is 29.3 Å². The van der Waals surface area contributed by atoms with Crippen LogP contribution in [0.25, 0.3) is 56.2 Å². The van der Waals surface area contributed by atoms with Gasteiger partial charge in [0.2, 0.25) is 0 Å². The highest BCUT2D eigenvalue weighted by molar-refractivity contribution is 6.45. The summed E-state index contributed by atoms with van der Waals surface area (Å²) in [6.07, 6.45) is 9.01. The number of phenols is 1. The van der Waals surface area contributed by atoms with Crippen molar-refractivity contribution in [1.29, 1.82) is 0 Å². The number of ketones is 2. The number of rotatable bonds is 10. The summed E-state index contributed by atoms with van der Waals surface area (Å²) >= 11 is 0. The fraction of sp³-hybridized carbons (Fsp3) is 0.224. The Kier molecular flexibility index (Phi) is 11.7. The van der Waals surface area contributed by atoms with E-state index in [0.717, 1.165) is 17.0 Å². The number of Topliss-reactive ketones (excluding diaryl/α,β-unsaturated/α-hetero) is 2. The van der Waals surface area contributed by atoms with Crippen LogP contribution in [0.15, 0.2) is 86.0 Å². The molecule has 8 aromatic heterocycles. The van der Waals surface area contributed by atoms with Gasteiger partial charge in [0, 0.05) is 44.1 Å². The molecule has 0 saturated heterocycles. The second kappa shape index (κ2) is 18.7. The van der Waals surface area contributed by atoms with Crippen molar-refractivity contribution in [2.45, 2.75) is 47.0 Å². The summed E-state index contributed by atoms with van der Waals surface area (Å²) in [4.78, 5) is 79.7. The lowest BCUT2D eigenvalue weighted by Gasteiger charge is -2.27. The maximum Gasteiger partial charge on any atom is 0.295 e. The highest BCUT2D eigenvalue weighted by atomic mass is 16.5. The molecule has 2 aliphatic rings. The quantitative estimate of drug-likeness (QED) is 0.129. The molecule has 0 unspecified atom stereocenters. The predicted octanol–water partition coefficient (Wildman–Crippen LogP) is 3.90. The molecule has 25 heteroatoms. The summed E-state index contributed by atoms with van der Waals surface area (Å²) in [5, 5.41) is 36.8. The third kappa shape index (κ3) is 8.10. The molecule has 3 N–H and O–H groups in total. The van der Waals surface area contributed by atoms with Crippen molar-refractivity contribution in [1.82, 2.24) is 88.8 Å². The fourth-order valence-corrected chi connectivity index (χ4v) is 9.16. The molecule has 2 aromatic carbocycles. The van der Waals surface area contributed by atoms with Crippen LogP contribution in [0.5, 0.6) is 17.2 Å². The van der Waals surface area contributed by atoms with Gasteiger partial charge in [-0.05, 0) is 39.0 Å². The summed E-state index contributed by atoms with van der Waals surface area (Å²) in [5.41, 5.74) is 4.01. The van der Waals surface area contributed by atoms with E-state index in [9.17, 15) is 24.3 Å². The molecule has 2 amide bonds. The second-order valence-corrected chi connectivity index (χ2v) is 17.4. The standard InChI is InChI=1S/C25H23N9O3.C24H21N9O4/c1-14-5-4-6-16(9-14)23-30-29-19-12-32(7-8-33(19)23)25(36)22(35)17-10-26-21-20(17)18(37-3)11-27-24(21)34-13-28-15(2)31-34;1-13-27-12-33(30-13)23-20-19(17(37-2)10-26-23)15(9-25-20)21(35)24(36)31-7-8-32-18(11-31)28-29-22(32)14-5-3-4-6-16(14)34/h4-6,9-11,13,26H,7-8,12H2,1-3H3;3-6,9-10,12,25,34H,7-8,11H2,1-2H3. The Labute approximate surface area is 418 Å². The van der Waals surface area contributed by atoms with Crippen molar-refractivity contribution in [2.75, 3.05) is 27.3 Å². The van der Waals surface area contributed by atoms with Gasteiger partial charge < -0.3 is 43.5 Å². The van der Waals surface area contributed by atoms with E-state index in [1.165, 1.54) is 70.8 Å². The second-order valence-electron chi connectivity index (χ2n) is 17.4. The van der Waals surface area contributed by atoms with Gasteiger partial charge in [0.1, 0.15) is 41.6 Å². The number of phenolic OH excluding ortho intramolecular Hbond substituents is 1. The van der Waals surface area contributed by atoms with Gasteiger partial charge in [0.05, 0.1) is 78.2 Å². The molecule has 10 heterocycles. The molecule has 372 valence electrons. The molecule has 0 spiro atoms. The van der Waals surface area contributed by atoms with E-state index < -0.39 is 23.4 Å². The van der Waals surface area contributed by atoms with Crippen molar-refractivity contribution in [3.8, 4) is 51.7 Å². The van der Waals surface area contributed by atoms with Gasteiger partial charge in [-0.15, -0.1) is 20.4 Å². The molecule has 0 aliphatic carbocycles. The number of hydrogen-bond donors (Lipinski definition) is 3. The molecule has 74 heavy (non-hydrogen) atoms. The number of aryl methyl sites for hydroxylation is 3. The summed E-state index contributed by atoms with van der Waals surface area (Å²) in [7, 11) is 2.96. The number of aromatic nitrogens is 16. The van der Waals surface area contributed by atoms with Crippen LogP contribution in [0.2, 0.25) is 0 Å². The van der Waals surface area contributed by atoms with E-state index >= 15 is 0 Å². The Morgan fingerprint density at radius 1 is 0.608 bits per heavy atom. The lowest BCUT2D eigenvalue weighted by Crippen LogP contribution is -2.42. The van der Waals surface area contributed by atoms with Crippen molar-refractivity contribution in [3.05, 3.63) is 126 Å². The number of carbonyl (C=O) groups excluding carboxylic acids is 4. The Balaban J connectivity index is 0.000000159. The highest BCUT2D eigenvalue weighted by Crippen LogP contribution is 2.35. The maximum absolute atomic E-state index is 13.5. The minimum Gasteiger partial charge on any atom is -0.507 e. The Bertz CT molecular complexity index is 3860. The van der Waals surface area contributed by atoms with Gasteiger partial charge in [-0.1, -0.05) is 35.9 Å². The van der Waals surface area contributed by atoms with Crippen LogP contribution in [0.4, 0.5) is 0 Å². The number of fused-ring (bicyclic) bond motifs is 4. The van der Waals surface area contributed by atoms with Crippen LogP contribution in [0.1, 0.15) is 49.6 Å². The first-order chi connectivity index (χ1) is 35.9. The van der Waals surface area contributed by atoms with Crippen molar-refractivity contribution in [3.63, 3.8) is 0 Å². The topological polar surface area (TPSA) is 294 Å². The first-order valence-corrected chi connectivity index (χ1v) is 23.1. The molecule has 25 nitrogen and oxygen atoms in total. The Hall–Kier alpha value is -9.94. The zero-order chi connectivity index (χ0) is 51.4. The number of hydrogen-bond acceptors (Lipinski definition) is 17. The fourth-order valence-electron chi connectivity index (χ4n) is 9.16. The zero-order valence-electron chi connectivity index (χ0n) is 40.4. The molecule has 0 radical (unpaired) electrons. The normalized spacial score (nSPS) is 13.1. The Morgan fingerprint density at radius 3 is 1.61 bits per heavy atom. The SMILES string of the molecule is COc1cnc(-n2cnc(C)n2)c2[nH]cc(C(=O)C(=O)N3CCn4c(nnc4-c4cccc(C)c4)C3)c12.COc1cnc(-n2cnc(C)n2)c2[nH]cc(C(=O)C(=O)N3CCn4c(nnc4-c4ccccc4O)C3)c12. The minimum absolute atomic E-state index is 0.0922. The number of H-pyrrole nitrogens is 2. The van der Waals surface area contributed by atoms with Crippen LogP contribution < -0.4 is 9.47 Å². The number of ether oxygens (including phenoxy) is 2. The van der Waals surface area contributed by atoms with E-state index in [0.29, 0.717) is 99.3 Å². The lowest BCUT2D eigenvalue weighted by molar-refractivity contribution is -0.128. The van der Waals surface area contributed by atoms with Crippen LogP contribution in [0.3, 0.4) is 0 Å². The zero-order valence-corrected chi connectivity index (χ0v) is 40.4. The van der Waals surface area contributed by atoms with Crippen LogP contribution >= 0.6 is 0 Å². The summed E-state index contributed by atoms with van der Waals surface area (Å²) in [6.45, 7) is 7.34. The smallest absolute Gasteiger partial charge is 0.295 e. The monoisotopic (exact) mass is 996 g/mol. The molecule has 2 aliphatic heterocycles. The lowest BCUT2D eigenvalue weighted by atomic mass is 10.1. The van der Waals surface area contributed by atoms with Gasteiger partial charge in [0.25, 0.3) is 23.4 Å². The number of methoxy groups -OCH3 is 2. The van der Waals surface area contributed by atoms with Gasteiger partial charge >= 0.3 is 0 Å². The van der Waals surface area contributed by atoms with Gasteiger partial charge in [-0.3, -0.25) is 19.2 Å². The van der Waals surface area contributed by atoms with E-state index in [-0.39, 0.29) is 36.5 Å². The van der Waals surface area contributed by atoms with E-state index in [4.69, 9.17) is 9.47 Å². The summed E-state index contributed by atoms with van der Waals surface area (Å²) < 4.78 is 17.8. The number of amides is 2. The van der Waals surface area contributed by atoms with Gasteiger partial charge in [0.15, 0.2) is 34.9 Å². The number of pyridine rings is 2. The average molecular weight is 997 g/mol. The van der Waals surface area contributed by atoms with E-state index in [2.05, 4.69) is 60.5 Å². The van der Waals surface area contributed by atoms with Crippen molar-refractivity contribution < 1.29 is 33.8 Å². The van der Waals surface area contributed by atoms with Crippen LogP contribution in [-0.2, 0) is 35.8 Å². The number of aromatic hydroxyl groups is 1. The minimum atomic E-state index is -0.689. The molecule has 12 rings (SSSR count). The average Bonchev–Trinajstić information content (AvgIpc) is 4.31. The molecule has 0 fully saturated rings. The molecule has 10 aromatic rings.